The predicted molar refractivity (Wildman–Crippen MR) is 79.6 cm³/mol. The van der Waals surface area contributed by atoms with Gasteiger partial charge in [-0.15, -0.1) is 11.3 Å². The lowest BCUT2D eigenvalue weighted by Crippen LogP contribution is -2.28. The van der Waals surface area contributed by atoms with Crippen LogP contribution < -0.4 is 11.1 Å². The first-order chi connectivity index (χ1) is 8.99. The highest BCUT2D eigenvalue weighted by molar-refractivity contribution is 7.15. The number of aryl methyl sites for hydroxylation is 1. The average molecular weight is 297 g/mol. The third-order valence-electron chi connectivity index (χ3n) is 2.45. The van der Waals surface area contributed by atoms with Gasteiger partial charge in [-0.2, -0.15) is 4.37 Å². The molecule has 102 valence electrons. The molecule has 0 bridgehead atoms. The van der Waals surface area contributed by atoms with Crippen molar-refractivity contribution in [3.63, 3.8) is 0 Å². The Hall–Kier alpha value is -1.67. The Morgan fingerprint density at radius 1 is 1.53 bits per heavy atom. The minimum absolute atomic E-state index is 0.00626. The lowest BCUT2D eigenvalue weighted by molar-refractivity contribution is -0.126. The lowest BCUT2D eigenvalue weighted by Gasteiger charge is -2.11. The van der Waals surface area contributed by atoms with Crippen molar-refractivity contribution in [3.05, 3.63) is 11.1 Å². The molecule has 0 saturated heterocycles. The van der Waals surface area contributed by atoms with Crippen LogP contribution in [0.3, 0.4) is 0 Å². The molecule has 0 atom stereocenters. The molecule has 0 aromatic carbocycles. The molecule has 0 aliphatic carbocycles. The molecular formula is C11H15N5OS2. The van der Waals surface area contributed by atoms with Crippen molar-refractivity contribution in [2.75, 3.05) is 31.7 Å². The van der Waals surface area contributed by atoms with E-state index in [1.54, 1.807) is 14.1 Å². The second kappa shape index (κ2) is 5.54. The van der Waals surface area contributed by atoms with Gasteiger partial charge in [-0.25, -0.2) is 4.98 Å². The van der Waals surface area contributed by atoms with Gasteiger partial charge in [0.2, 0.25) is 5.91 Å². The topological polar surface area (TPSA) is 84.1 Å². The van der Waals surface area contributed by atoms with Gasteiger partial charge in [-0.3, -0.25) is 4.79 Å². The van der Waals surface area contributed by atoms with Gasteiger partial charge in [0.15, 0.2) is 0 Å². The number of nitrogens with zero attached hydrogens (tertiary/aromatic N) is 3. The fraction of sp³-hybridized carbons (Fsp3) is 0.364. The first-order valence-corrected chi connectivity index (χ1v) is 7.26. The zero-order chi connectivity index (χ0) is 14.0. The van der Waals surface area contributed by atoms with Crippen LogP contribution in [-0.4, -0.2) is 40.8 Å². The van der Waals surface area contributed by atoms with E-state index in [0.29, 0.717) is 5.82 Å². The smallest absolute Gasteiger partial charge is 0.241 e. The fourth-order valence-electron chi connectivity index (χ4n) is 1.41. The number of hydrogen-bond acceptors (Lipinski definition) is 7. The number of thiazole rings is 1. The van der Waals surface area contributed by atoms with E-state index in [1.165, 1.54) is 27.8 Å². The first-order valence-electron chi connectivity index (χ1n) is 5.60. The van der Waals surface area contributed by atoms with Crippen LogP contribution in [-0.2, 0) is 4.79 Å². The SMILES string of the molecule is Cc1csc(-c2c(N)nsc2NCC(=O)N(C)C)n1. The average Bonchev–Trinajstić information content (AvgIpc) is 2.92. The molecule has 2 rings (SSSR count). The lowest BCUT2D eigenvalue weighted by atomic mass is 10.3. The highest BCUT2D eigenvalue weighted by Gasteiger charge is 2.17. The van der Waals surface area contributed by atoms with Gasteiger partial charge in [0.25, 0.3) is 0 Å². The van der Waals surface area contributed by atoms with Gasteiger partial charge in [-0.1, -0.05) is 0 Å². The van der Waals surface area contributed by atoms with E-state index in [4.69, 9.17) is 5.73 Å². The molecule has 1 amide bonds. The van der Waals surface area contributed by atoms with Crippen LogP contribution in [0.15, 0.2) is 5.38 Å². The van der Waals surface area contributed by atoms with Crippen molar-refractivity contribution >= 4 is 39.6 Å². The minimum Gasteiger partial charge on any atom is -0.382 e. The molecular weight excluding hydrogens is 282 g/mol. The summed E-state index contributed by atoms with van der Waals surface area (Å²) >= 11 is 2.76. The Morgan fingerprint density at radius 3 is 2.84 bits per heavy atom. The third-order valence-corrected chi connectivity index (χ3v) is 4.25. The van der Waals surface area contributed by atoms with Crippen LogP contribution in [0, 0.1) is 6.92 Å². The Labute approximate surface area is 119 Å². The van der Waals surface area contributed by atoms with E-state index in [1.807, 2.05) is 12.3 Å². The molecule has 0 radical (unpaired) electrons. The van der Waals surface area contributed by atoms with Crippen LogP contribution in [0.1, 0.15) is 5.69 Å². The molecule has 0 saturated carbocycles. The van der Waals surface area contributed by atoms with Crippen LogP contribution in [0.5, 0.6) is 0 Å². The molecule has 0 fully saturated rings. The van der Waals surface area contributed by atoms with E-state index in [9.17, 15) is 4.79 Å². The number of likely N-dealkylation sites (N-methyl/N-ethyl adjacent to an activating group) is 1. The van der Waals surface area contributed by atoms with Crippen molar-refractivity contribution in [1.82, 2.24) is 14.3 Å². The molecule has 0 aliphatic heterocycles. The summed E-state index contributed by atoms with van der Waals surface area (Å²) in [7, 11) is 3.44. The van der Waals surface area contributed by atoms with Crippen LogP contribution in [0.4, 0.5) is 10.8 Å². The molecule has 2 aromatic rings. The summed E-state index contributed by atoms with van der Waals surface area (Å²) in [6.45, 7) is 2.14. The molecule has 6 nitrogen and oxygen atoms in total. The first kappa shape index (κ1) is 13.8. The fourth-order valence-corrected chi connectivity index (χ4v) is 3.04. The Bertz CT molecular complexity index is 590. The maximum atomic E-state index is 11.6. The number of nitrogens with two attached hydrogens (primary N) is 1. The van der Waals surface area contributed by atoms with E-state index < -0.39 is 0 Å². The number of nitrogen functional groups attached to an aromatic ring is 1. The summed E-state index contributed by atoms with van der Waals surface area (Å²) in [5.41, 5.74) is 7.61. The second-order valence-corrected chi connectivity index (χ2v) is 5.84. The van der Waals surface area contributed by atoms with Gasteiger partial charge >= 0.3 is 0 Å². The van der Waals surface area contributed by atoms with E-state index >= 15 is 0 Å². The number of carbonyl (C=O) groups is 1. The number of rotatable bonds is 4. The third kappa shape index (κ3) is 3.02. The van der Waals surface area contributed by atoms with Crippen LogP contribution in [0.2, 0.25) is 0 Å². The Kier molecular flexibility index (Phi) is 4.01. The van der Waals surface area contributed by atoms with Gasteiger partial charge in [0.05, 0.1) is 12.1 Å². The second-order valence-electron chi connectivity index (χ2n) is 4.21. The summed E-state index contributed by atoms with van der Waals surface area (Å²) in [6.07, 6.45) is 0. The van der Waals surface area contributed by atoms with Crippen LogP contribution in [0.25, 0.3) is 10.6 Å². The normalized spacial score (nSPS) is 10.5. The summed E-state index contributed by atoms with van der Waals surface area (Å²) < 4.78 is 4.12. The summed E-state index contributed by atoms with van der Waals surface area (Å²) in [5.74, 6) is 0.437. The highest BCUT2D eigenvalue weighted by atomic mass is 32.1. The number of amides is 1. The number of nitrogens with one attached hydrogen (secondary N) is 1. The molecule has 8 heteroatoms. The van der Waals surface area contributed by atoms with E-state index in [0.717, 1.165) is 21.3 Å². The number of anilines is 2. The molecule has 2 aromatic heterocycles. The van der Waals surface area contributed by atoms with Gasteiger partial charge in [0, 0.05) is 25.2 Å². The molecule has 0 aliphatic rings. The molecule has 0 spiro atoms. The van der Waals surface area contributed by atoms with Gasteiger partial charge in [0.1, 0.15) is 15.8 Å². The summed E-state index contributed by atoms with van der Waals surface area (Å²) in [5, 5.41) is 6.64. The number of aromatic nitrogens is 2. The quantitative estimate of drug-likeness (QED) is 0.896. The molecule has 0 unspecified atom stereocenters. The van der Waals surface area contributed by atoms with Crippen molar-refractivity contribution in [3.8, 4) is 10.6 Å². The standard InChI is InChI=1S/C11H15N5OS2/c1-6-5-18-11(14-6)8-9(12)15-19-10(8)13-4-7(17)16(2)3/h5,13H,4H2,1-3H3,(H2,12,15). The Morgan fingerprint density at radius 2 is 2.26 bits per heavy atom. The van der Waals surface area contributed by atoms with Gasteiger partial charge in [-0.05, 0) is 18.5 Å². The maximum Gasteiger partial charge on any atom is 0.241 e. The van der Waals surface area contributed by atoms with Crippen molar-refractivity contribution in [1.29, 1.82) is 0 Å². The summed E-state index contributed by atoms with van der Waals surface area (Å²) in [4.78, 5) is 17.5. The number of hydrogen-bond donors (Lipinski definition) is 2. The zero-order valence-electron chi connectivity index (χ0n) is 10.9. The maximum absolute atomic E-state index is 11.6. The zero-order valence-corrected chi connectivity index (χ0v) is 12.6. The largest absolute Gasteiger partial charge is 0.382 e. The molecule has 19 heavy (non-hydrogen) atoms. The minimum atomic E-state index is -0.00626. The monoisotopic (exact) mass is 297 g/mol. The van der Waals surface area contributed by atoms with E-state index in [-0.39, 0.29) is 12.5 Å². The predicted octanol–water partition coefficient (Wildman–Crippen LogP) is 1.66. The summed E-state index contributed by atoms with van der Waals surface area (Å²) in [6, 6.07) is 0. The Balaban J connectivity index is 2.21. The molecule has 3 N–H and O–H groups in total. The van der Waals surface area contributed by atoms with Crippen molar-refractivity contribution in [2.24, 2.45) is 0 Å². The molecule has 2 heterocycles. The highest BCUT2D eigenvalue weighted by Crippen LogP contribution is 2.38. The van der Waals surface area contributed by atoms with Crippen molar-refractivity contribution < 1.29 is 4.79 Å². The van der Waals surface area contributed by atoms with Crippen molar-refractivity contribution in [2.45, 2.75) is 6.92 Å². The van der Waals surface area contributed by atoms with Gasteiger partial charge < -0.3 is 16.0 Å². The number of carbonyl (C=O) groups excluding carboxylic acids is 1. The van der Waals surface area contributed by atoms with Crippen LogP contribution >= 0.6 is 22.9 Å². The van der Waals surface area contributed by atoms with E-state index in [2.05, 4.69) is 14.7 Å².